The highest BCUT2D eigenvalue weighted by Crippen LogP contribution is 2.31. The van der Waals surface area contributed by atoms with Crippen LogP contribution in [0.15, 0.2) is 23.3 Å². The lowest BCUT2D eigenvalue weighted by molar-refractivity contribution is -0.140. The van der Waals surface area contributed by atoms with Gasteiger partial charge in [0.1, 0.15) is 0 Å². The summed E-state index contributed by atoms with van der Waals surface area (Å²) in [6.45, 7) is 3.98. The molecule has 0 spiro atoms. The number of ketones is 1. The topological polar surface area (TPSA) is 72.8 Å². The molecule has 0 saturated heterocycles. The third kappa shape index (κ3) is 8.70. The molecule has 0 fully saturated rings. The average Bonchev–Trinajstić information content (AvgIpc) is 2.97. The van der Waals surface area contributed by atoms with Crippen LogP contribution in [0, 0.1) is 0 Å². The van der Waals surface area contributed by atoms with Crippen LogP contribution in [0.4, 0.5) is 0 Å². The molecule has 0 aliphatic heterocycles. The first-order valence-electron chi connectivity index (χ1n) is 10.6. The lowest BCUT2D eigenvalue weighted by atomic mass is 9.94. The van der Waals surface area contributed by atoms with Crippen molar-refractivity contribution >= 4 is 11.8 Å². The quantitative estimate of drug-likeness (QED) is 0.342. The molecule has 2 unspecified atom stereocenters. The lowest BCUT2D eigenvalue weighted by Gasteiger charge is -2.21. The summed E-state index contributed by atoms with van der Waals surface area (Å²) in [5.74, 6) is -0.00216. The number of rotatable bonds is 14. The van der Waals surface area contributed by atoms with E-state index in [1.54, 1.807) is 7.11 Å². The van der Waals surface area contributed by atoms with Crippen LogP contribution in [0.5, 0.6) is 0 Å². The molecule has 0 heterocycles. The van der Waals surface area contributed by atoms with Gasteiger partial charge in [0, 0.05) is 25.5 Å². The zero-order valence-electron chi connectivity index (χ0n) is 18.1. The van der Waals surface area contributed by atoms with Gasteiger partial charge in [0.15, 0.2) is 5.78 Å². The highest BCUT2D eigenvalue weighted by atomic mass is 16.5. The van der Waals surface area contributed by atoms with Crippen LogP contribution in [0.25, 0.3) is 0 Å². The second kappa shape index (κ2) is 12.9. The standard InChI is InChI=1S/C23H38O5/c1-5-6-15-23(2,26)16-11-13-19-18(20(24)17-21(19)27-3)12-9-7-8-10-14-22(25)28-4/h11,13,21,26H,5-10,12,14-17H2,1-4H3/b13-11+. The largest absolute Gasteiger partial charge is 0.469 e. The summed E-state index contributed by atoms with van der Waals surface area (Å²) in [7, 11) is 3.05. The summed E-state index contributed by atoms with van der Waals surface area (Å²) in [6, 6.07) is 0. The summed E-state index contributed by atoms with van der Waals surface area (Å²) in [5, 5.41) is 10.4. The van der Waals surface area contributed by atoms with E-state index >= 15 is 0 Å². The molecule has 1 aliphatic carbocycles. The van der Waals surface area contributed by atoms with Gasteiger partial charge in [0.2, 0.25) is 0 Å². The van der Waals surface area contributed by atoms with E-state index in [-0.39, 0.29) is 17.9 Å². The molecule has 0 aromatic rings. The van der Waals surface area contributed by atoms with Gasteiger partial charge in [-0.25, -0.2) is 0 Å². The highest BCUT2D eigenvalue weighted by molar-refractivity contribution is 6.00. The van der Waals surface area contributed by atoms with Gasteiger partial charge in [-0.05, 0) is 44.6 Å². The Labute approximate surface area is 170 Å². The van der Waals surface area contributed by atoms with E-state index in [1.807, 2.05) is 19.1 Å². The van der Waals surface area contributed by atoms with E-state index < -0.39 is 5.60 Å². The molecule has 0 radical (unpaired) electrons. The highest BCUT2D eigenvalue weighted by Gasteiger charge is 2.30. The molecule has 0 aromatic carbocycles. The second-order valence-electron chi connectivity index (χ2n) is 7.98. The third-order valence-corrected chi connectivity index (χ3v) is 5.40. The molecule has 1 N–H and O–H groups in total. The van der Waals surface area contributed by atoms with Crippen LogP contribution in [-0.2, 0) is 19.1 Å². The van der Waals surface area contributed by atoms with Crippen molar-refractivity contribution in [2.24, 2.45) is 0 Å². The van der Waals surface area contributed by atoms with Crippen LogP contribution in [0.1, 0.15) is 84.5 Å². The SMILES string of the molecule is CCCCC(C)(O)C/C=C/C1=C(CCCCCCC(=O)OC)C(=O)CC1OC. The number of aliphatic hydroxyl groups is 1. The summed E-state index contributed by atoms with van der Waals surface area (Å²) in [4.78, 5) is 23.5. The van der Waals surface area contributed by atoms with Crippen LogP contribution < -0.4 is 0 Å². The Bertz CT molecular complexity index is 559. The van der Waals surface area contributed by atoms with E-state index in [9.17, 15) is 14.7 Å². The van der Waals surface area contributed by atoms with Crippen LogP contribution >= 0.6 is 0 Å². The van der Waals surface area contributed by atoms with E-state index in [1.165, 1.54) is 7.11 Å². The van der Waals surface area contributed by atoms with Gasteiger partial charge >= 0.3 is 5.97 Å². The average molecular weight is 395 g/mol. The molecule has 5 heteroatoms. The van der Waals surface area contributed by atoms with Crippen molar-refractivity contribution in [3.8, 4) is 0 Å². The van der Waals surface area contributed by atoms with Crippen molar-refractivity contribution in [3.05, 3.63) is 23.3 Å². The van der Waals surface area contributed by atoms with Gasteiger partial charge in [-0.1, -0.05) is 44.8 Å². The van der Waals surface area contributed by atoms with Crippen molar-refractivity contribution in [1.29, 1.82) is 0 Å². The minimum Gasteiger partial charge on any atom is -0.469 e. The lowest BCUT2D eigenvalue weighted by Crippen LogP contribution is -2.22. The molecule has 0 amide bonds. The molecular weight excluding hydrogens is 356 g/mol. The number of hydrogen-bond donors (Lipinski definition) is 1. The number of unbranched alkanes of at least 4 members (excludes halogenated alkanes) is 4. The van der Waals surface area contributed by atoms with Crippen LogP contribution in [-0.4, -0.2) is 42.8 Å². The molecule has 0 aromatic heterocycles. The monoisotopic (exact) mass is 394 g/mol. The summed E-state index contributed by atoms with van der Waals surface area (Å²) >= 11 is 0. The second-order valence-corrected chi connectivity index (χ2v) is 7.98. The third-order valence-electron chi connectivity index (χ3n) is 5.40. The predicted octanol–water partition coefficient (Wildman–Crippen LogP) is 4.67. The van der Waals surface area contributed by atoms with Crippen molar-refractivity contribution in [2.75, 3.05) is 14.2 Å². The number of methoxy groups -OCH3 is 2. The Morgan fingerprint density at radius 1 is 1.21 bits per heavy atom. The smallest absolute Gasteiger partial charge is 0.305 e. The fourth-order valence-electron chi connectivity index (χ4n) is 3.59. The first-order chi connectivity index (χ1) is 13.3. The number of esters is 1. The number of hydrogen-bond acceptors (Lipinski definition) is 5. The summed E-state index contributed by atoms with van der Waals surface area (Å²) in [5.41, 5.74) is 1.12. The maximum Gasteiger partial charge on any atom is 0.305 e. The molecule has 160 valence electrons. The van der Waals surface area contributed by atoms with Crippen LogP contribution in [0.3, 0.4) is 0 Å². The van der Waals surface area contributed by atoms with E-state index in [4.69, 9.17) is 4.74 Å². The molecule has 5 nitrogen and oxygen atoms in total. The Morgan fingerprint density at radius 2 is 1.93 bits per heavy atom. The minimum atomic E-state index is -0.710. The first-order valence-corrected chi connectivity index (χ1v) is 10.6. The summed E-state index contributed by atoms with van der Waals surface area (Å²) in [6.07, 6.45) is 12.5. The zero-order valence-corrected chi connectivity index (χ0v) is 18.1. The number of allylic oxidation sites excluding steroid dienone is 1. The van der Waals surface area contributed by atoms with E-state index in [0.717, 1.165) is 62.5 Å². The van der Waals surface area contributed by atoms with Crippen molar-refractivity contribution < 1.29 is 24.2 Å². The molecule has 2 atom stereocenters. The summed E-state index contributed by atoms with van der Waals surface area (Å²) < 4.78 is 10.2. The van der Waals surface area contributed by atoms with Gasteiger partial charge in [-0.3, -0.25) is 9.59 Å². The molecule has 28 heavy (non-hydrogen) atoms. The van der Waals surface area contributed by atoms with Crippen LogP contribution in [0.2, 0.25) is 0 Å². The molecule has 0 bridgehead atoms. The Kier molecular flexibility index (Phi) is 11.3. The Morgan fingerprint density at radius 3 is 2.57 bits per heavy atom. The van der Waals surface area contributed by atoms with E-state index in [0.29, 0.717) is 19.3 Å². The van der Waals surface area contributed by atoms with Gasteiger partial charge in [-0.15, -0.1) is 0 Å². The number of ether oxygens (including phenoxy) is 2. The molecule has 1 rings (SSSR count). The normalized spacial score (nSPS) is 19.5. The maximum absolute atomic E-state index is 12.4. The van der Waals surface area contributed by atoms with Gasteiger partial charge in [0.05, 0.1) is 18.8 Å². The number of carbonyl (C=O) groups is 2. The fourth-order valence-corrected chi connectivity index (χ4v) is 3.59. The van der Waals surface area contributed by atoms with Gasteiger partial charge < -0.3 is 14.6 Å². The zero-order chi connectivity index (χ0) is 21.0. The molecule has 1 aliphatic rings. The Hall–Kier alpha value is -1.46. The fraction of sp³-hybridized carbons (Fsp3) is 0.739. The van der Waals surface area contributed by atoms with Gasteiger partial charge in [0.25, 0.3) is 0 Å². The first kappa shape index (κ1) is 24.6. The predicted molar refractivity (Wildman–Crippen MR) is 111 cm³/mol. The molecular formula is C23H38O5. The Balaban J connectivity index is 2.60. The van der Waals surface area contributed by atoms with Crippen molar-refractivity contribution in [2.45, 2.75) is 96.2 Å². The maximum atomic E-state index is 12.4. The van der Waals surface area contributed by atoms with Crippen molar-refractivity contribution in [3.63, 3.8) is 0 Å². The van der Waals surface area contributed by atoms with Gasteiger partial charge in [-0.2, -0.15) is 0 Å². The molecule has 0 saturated carbocycles. The van der Waals surface area contributed by atoms with Crippen molar-refractivity contribution in [1.82, 2.24) is 0 Å². The minimum absolute atomic E-state index is 0.166. The number of carbonyl (C=O) groups excluding carboxylic acids is 2. The van der Waals surface area contributed by atoms with E-state index in [2.05, 4.69) is 11.7 Å². The number of Topliss-reactive ketones (excluding diaryl/α,β-unsaturated/α-hetero) is 1.